The highest BCUT2D eigenvalue weighted by Gasteiger charge is 2.26. The van der Waals surface area contributed by atoms with Gasteiger partial charge in [0.25, 0.3) is 0 Å². The normalized spacial score (nSPS) is 24.8. The van der Waals surface area contributed by atoms with E-state index in [1.165, 1.54) is 0 Å². The first-order chi connectivity index (χ1) is 6.19. The number of piperazine rings is 1. The number of carbonyl (C=O) groups is 1. The third-order valence-corrected chi connectivity index (χ3v) is 2.45. The molecule has 0 aromatic heterocycles. The van der Waals surface area contributed by atoms with Gasteiger partial charge in [0.1, 0.15) is 0 Å². The quantitative estimate of drug-likeness (QED) is 0.525. The molecule has 5 nitrogen and oxygen atoms in total. The maximum Gasteiger partial charge on any atom is 0.236 e. The van der Waals surface area contributed by atoms with E-state index >= 15 is 0 Å². The molecule has 1 amide bonds. The molecule has 5 heteroatoms. The Kier molecular flexibility index (Phi) is 3.65. The number of hydrogen-bond acceptors (Lipinski definition) is 4. The third kappa shape index (κ3) is 2.40. The number of hydrogen-bond donors (Lipinski definition) is 2. The van der Waals surface area contributed by atoms with Crippen LogP contribution in [-0.4, -0.2) is 61.5 Å². The predicted molar refractivity (Wildman–Crippen MR) is 51.1 cm³/mol. The summed E-state index contributed by atoms with van der Waals surface area (Å²) in [5, 5.41) is 0. The number of nitrogens with two attached hydrogens (primary N) is 2. The smallest absolute Gasteiger partial charge is 0.236 e. The zero-order valence-electron chi connectivity index (χ0n) is 8.07. The SMILES string of the molecule is CN1CCN(C(=O)CN)C(CN)C1. The first-order valence-corrected chi connectivity index (χ1v) is 4.57. The summed E-state index contributed by atoms with van der Waals surface area (Å²) < 4.78 is 0. The van der Waals surface area contributed by atoms with Crippen molar-refractivity contribution in [2.45, 2.75) is 6.04 Å². The Balaban J connectivity index is 2.57. The summed E-state index contributed by atoms with van der Waals surface area (Å²) in [6, 6.07) is 0.134. The van der Waals surface area contributed by atoms with Crippen molar-refractivity contribution in [3.63, 3.8) is 0 Å². The molecule has 0 aliphatic carbocycles. The van der Waals surface area contributed by atoms with E-state index in [4.69, 9.17) is 11.5 Å². The summed E-state index contributed by atoms with van der Waals surface area (Å²) in [7, 11) is 2.03. The van der Waals surface area contributed by atoms with Crippen LogP contribution in [0.25, 0.3) is 0 Å². The van der Waals surface area contributed by atoms with Crippen LogP contribution in [-0.2, 0) is 4.79 Å². The summed E-state index contributed by atoms with van der Waals surface area (Å²) in [5.41, 5.74) is 10.9. The molecule has 1 fully saturated rings. The predicted octanol–water partition coefficient (Wildman–Crippen LogP) is -1.95. The van der Waals surface area contributed by atoms with Crippen LogP contribution < -0.4 is 11.5 Å². The van der Waals surface area contributed by atoms with Crippen LogP contribution in [0.15, 0.2) is 0 Å². The van der Waals surface area contributed by atoms with Gasteiger partial charge >= 0.3 is 0 Å². The zero-order valence-corrected chi connectivity index (χ0v) is 8.07. The number of nitrogens with zero attached hydrogens (tertiary/aromatic N) is 2. The second kappa shape index (κ2) is 4.55. The van der Waals surface area contributed by atoms with Crippen LogP contribution in [0.5, 0.6) is 0 Å². The maximum absolute atomic E-state index is 11.4. The van der Waals surface area contributed by atoms with Crippen molar-refractivity contribution in [1.82, 2.24) is 9.80 Å². The lowest BCUT2D eigenvalue weighted by molar-refractivity contribution is -0.134. The lowest BCUT2D eigenvalue weighted by atomic mass is 10.1. The van der Waals surface area contributed by atoms with E-state index in [0.717, 1.165) is 19.6 Å². The van der Waals surface area contributed by atoms with Crippen molar-refractivity contribution in [1.29, 1.82) is 0 Å². The van der Waals surface area contributed by atoms with E-state index in [-0.39, 0.29) is 18.5 Å². The molecular weight excluding hydrogens is 168 g/mol. The van der Waals surface area contributed by atoms with E-state index in [9.17, 15) is 4.79 Å². The lowest BCUT2D eigenvalue weighted by Crippen LogP contribution is -2.57. The molecular formula is C8H18N4O. The lowest BCUT2D eigenvalue weighted by Gasteiger charge is -2.39. The molecule has 76 valence electrons. The minimum atomic E-state index is 0.00329. The highest BCUT2D eigenvalue weighted by molar-refractivity contribution is 5.78. The Labute approximate surface area is 78.6 Å². The standard InChI is InChI=1S/C8H18N4O/c1-11-2-3-12(8(13)5-10)7(4-9)6-11/h7H,2-6,9-10H2,1H3. The topological polar surface area (TPSA) is 75.6 Å². The van der Waals surface area contributed by atoms with Gasteiger partial charge in [0.2, 0.25) is 5.91 Å². The molecule has 1 heterocycles. The molecule has 0 aromatic rings. The fraction of sp³-hybridized carbons (Fsp3) is 0.875. The van der Waals surface area contributed by atoms with Crippen LogP contribution in [0.1, 0.15) is 0 Å². The maximum atomic E-state index is 11.4. The minimum absolute atomic E-state index is 0.00329. The third-order valence-electron chi connectivity index (χ3n) is 2.45. The van der Waals surface area contributed by atoms with Gasteiger partial charge in [-0.2, -0.15) is 0 Å². The molecule has 1 atom stereocenters. The first-order valence-electron chi connectivity index (χ1n) is 4.57. The molecule has 1 aliphatic rings. The van der Waals surface area contributed by atoms with E-state index in [1.54, 1.807) is 4.90 Å². The van der Waals surface area contributed by atoms with Crippen molar-refractivity contribution in [2.75, 3.05) is 39.8 Å². The van der Waals surface area contributed by atoms with Gasteiger partial charge in [-0.15, -0.1) is 0 Å². The van der Waals surface area contributed by atoms with Crippen LogP contribution in [0.3, 0.4) is 0 Å². The van der Waals surface area contributed by atoms with E-state index in [1.807, 2.05) is 7.05 Å². The Hall–Kier alpha value is -0.650. The van der Waals surface area contributed by atoms with Crippen molar-refractivity contribution in [2.24, 2.45) is 11.5 Å². The van der Waals surface area contributed by atoms with Gasteiger partial charge in [-0.3, -0.25) is 4.79 Å². The Morgan fingerprint density at radius 1 is 1.46 bits per heavy atom. The summed E-state index contributed by atoms with van der Waals surface area (Å²) in [5.74, 6) is 0.00329. The molecule has 1 unspecified atom stereocenters. The van der Waals surface area contributed by atoms with Crippen LogP contribution in [0, 0.1) is 0 Å². The molecule has 1 rings (SSSR count). The van der Waals surface area contributed by atoms with Crippen molar-refractivity contribution in [3.05, 3.63) is 0 Å². The van der Waals surface area contributed by atoms with Gasteiger partial charge < -0.3 is 21.3 Å². The minimum Gasteiger partial charge on any atom is -0.335 e. The molecule has 0 aromatic carbocycles. The van der Waals surface area contributed by atoms with Gasteiger partial charge in [-0.1, -0.05) is 0 Å². The molecule has 0 spiro atoms. The van der Waals surface area contributed by atoms with Gasteiger partial charge in [0.05, 0.1) is 12.6 Å². The zero-order chi connectivity index (χ0) is 9.84. The van der Waals surface area contributed by atoms with E-state index < -0.39 is 0 Å². The summed E-state index contributed by atoms with van der Waals surface area (Å²) in [6.45, 7) is 3.09. The first kappa shape index (κ1) is 10.4. The fourth-order valence-corrected chi connectivity index (χ4v) is 1.66. The molecule has 0 radical (unpaired) electrons. The van der Waals surface area contributed by atoms with Crippen LogP contribution >= 0.6 is 0 Å². The molecule has 1 aliphatic heterocycles. The number of rotatable bonds is 2. The second-order valence-electron chi connectivity index (χ2n) is 3.44. The van der Waals surface area contributed by atoms with Crippen molar-refractivity contribution >= 4 is 5.91 Å². The van der Waals surface area contributed by atoms with Gasteiger partial charge in [0, 0.05) is 26.2 Å². The van der Waals surface area contributed by atoms with E-state index in [0.29, 0.717) is 6.54 Å². The van der Waals surface area contributed by atoms with Gasteiger partial charge in [-0.25, -0.2) is 0 Å². The summed E-state index contributed by atoms with van der Waals surface area (Å²) in [4.78, 5) is 15.3. The van der Waals surface area contributed by atoms with Crippen LogP contribution in [0.4, 0.5) is 0 Å². The van der Waals surface area contributed by atoms with E-state index in [2.05, 4.69) is 4.90 Å². The number of amides is 1. The molecule has 0 bridgehead atoms. The molecule has 1 saturated heterocycles. The fourth-order valence-electron chi connectivity index (χ4n) is 1.66. The molecule has 0 saturated carbocycles. The Bertz CT molecular complexity index is 185. The Morgan fingerprint density at radius 3 is 2.69 bits per heavy atom. The Morgan fingerprint density at radius 2 is 2.15 bits per heavy atom. The monoisotopic (exact) mass is 186 g/mol. The van der Waals surface area contributed by atoms with Gasteiger partial charge in [-0.05, 0) is 7.05 Å². The number of likely N-dealkylation sites (N-methyl/N-ethyl adjacent to an activating group) is 1. The van der Waals surface area contributed by atoms with Crippen LogP contribution in [0.2, 0.25) is 0 Å². The van der Waals surface area contributed by atoms with Crippen molar-refractivity contribution in [3.8, 4) is 0 Å². The molecule has 13 heavy (non-hydrogen) atoms. The highest BCUT2D eigenvalue weighted by atomic mass is 16.2. The average molecular weight is 186 g/mol. The second-order valence-corrected chi connectivity index (χ2v) is 3.44. The number of carbonyl (C=O) groups excluding carboxylic acids is 1. The average Bonchev–Trinajstić information content (AvgIpc) is 2.16. The van der Waals surface area contributed by atoms with Gasteiger partial charge in [0.15, 0.2) is 0 Å². The van der Waals surface area contributed by atoms with Crippen molar-refractivity contribution < 1.29 is 4.79 Å². The highest BCUT2D eigenvalue weighted by Crippen LogP contribution is 2.06. The summed E-state index contributed by atoms with van der Waals surface area (Å²) in [6.07, 6.45) is 0. The summed E-state index contributed by atoms with van der Waals surface area (Å²) >= 11 is 0. The largest absolute Gasteiger partial charge is 0.335 e. The molecule has 4 N–H and O–H groups in total.